The third-order valence-corrected chi connectivity index (χ3v) is 3.58. The van der Waals surface area contributed by atoms with Crippen LogP contribution in [0.5, 0.6) is 0 Å². The maximum atomic E-state index is 12.1. The van der Waals surface area contributed by atoms with Crippen LogP contribution in [0.3, 0.4) is 0 Å². The molecule has 0 saturated carbocycles. The second kappa shape index (κ2) is 7.57. The SMILES string of the molecule is O=C(/C=C/c1cccnc1)Nc1ccnn1Cc1ccc(Cl)cc1. The number of nitrogens with one attached hydrogen (secondary N) is 1. The van der Waals surface area contributed by atoms with Crippen LogP contribution in [-0.2, 0) is 11.3 Å². The minimum absolute atomic E-state index is 0.225. The van der Waals surface area contributed by atoms with Crippen LogP contribution in [0.25, 0.3) is 6.08 Å². The van der Waals surface area contributed by atoms with Crippen molar-refractivity contribution in [3.05, 3.63) is 83.3 Å². The quantitative estimate of drug-likeness (QED) is 0.723. The van der Waals surface area contributed by atoms with E-state index in [9.17, 15) is 4.79 Å². The van der Waals surface area contributed by atoms with Gasteiger partial charge in [0.15, 0.2) is 0 Å². The number of rotatable bonds is 5. The normalized spacial score (nSPS) is 10.9. The summed E-state index contributed by atoms with van der Waals surface area (Å²) in [6, 6.07) is 13.0. The van der Waals surface area contributed by atoms with Gasteiger partial charge in [-0.1, -0.05) is 29.8 Å². The number of pyridine rings is 1. The summed E-state index contributed by atoms with van der Waals surface area (Å²) in [4.78, 5) is 16.1. The predicted octanol–water partition coefficient (Wildman–Crippen LogP) is 3.63. The molecule has 0 aliphatic heterocycles. The Labute approximate surface area is 144 Å². The zero-order valence-electron chi connectivity index (χ0n) is 12.8. The first-order valence-electron chi connectivity index (χ1n) is 7.36. The summed E-state index contributed by atoms with van der Waals surface area (Å²) in [6.07, 6.45) is 8.20. The molecule has 24 heavy (non-hydrogen) atoms. The van der Waals surface area contributed by atoms with Gasteiger partial charge in [-0.15, -0.1) is 0 Å². The summed E-state index contributed by atoms with van der Waals surface area (Å²) >= 11 is 5.89. The number of hydrogen-bond donors (Lipinski definition) is 1. The largest absolute Gasteiger partial charge is 0.307 e. The average molecular weight is 339 g/mol. The van der Waals surface area contributed by atoms with E-state index in [1.807, 2.05) is 36.4 Å². The summed E-state index contributed by atoms with van der Waals surface area (Å²) in [5, 5.41) is 7.75. The topological polar surface area (TPSA) is 59.8 Å². The van der Waals surface area contributed by atoms with Gasteiger partial charge in [0.05, 0.1) is 12.7 Å². The molecule has 120 valence electrons. The summed E-state index contributed by atoms with van der Waals surface area (Å²) < 4.78 is 1.72. The number of carbonyl (C=O) groups is 1. The Hall–Kier alpha value is -2.92. The molecule has 1 amide bonds. The van der Waals surface area contributed by atoms with Gasteiger partial charge in [0.25, 0.3) is 0 Å². The van der Waals surface area contributed by atoms with Gasteiger partial charge >= 0.3 is 0 Å². The molecule has 3 aromatic rings. The van der Waals surface area contributed by atoms with E-state index in [0.717, 1.165) is 11.1 Å². The molecule has 0 radical (unpaired) electrons. The molecule has 2 aromatic heterocycles. The highest BCUT2D eigenvalue weighted by Crippen LogP contribution is 2.13. The van der Waals surface area contributed by atoms with Gasteiger partial charge in [-0.05, 0) is 35.4 Å². The Morgan fingerprint density at radius 1 is 1.17 bits per heavy atom. The van der Waals surface area contributed by atoms with Crippen molar-refractivity contribution in [1.29, 1.82) is 0 Å². The van der Waals surface area contributed by atoms with Crippen LogP contribution in [-0.4, -0.2) is 20.7 Å². The smallest absolute Gasteiger partial charge is 0.249 e. The van der Waals surface area contributed by atoms with Gasteiger partial charge in [-0.2, -0.15) is 5.10 Å². The van der Waals surface area contributed by atoms with E-state index in [-0.39, 0.29) is 5.91 Å². The lowest BCUT2D eigenvalue weighted by atomic mass is 10.2. The lowest BCUT2D eigenvalue weighted by molar-refractivity contribution is -0.111. The van der Waals surface area contributed by atoms with Crippen molar-refractivity contribution in [2.24, 2.45) is 0 Å². The van der Waals surface area contributed by atoms with Crippen molar-refractivity contribution in [3.63, 3.8) is 0 Å². The van der Waals surface area contributed by atoms with Gasteiger partial charge in [0.1, 0.15) is 5.82 Å². The van der Waals surface area contributed by atoms with Crippen molar-refractivity contribution in [3.8, 4) is 0 Å². The van der Waals surface area contributed by atoms with Crippen molar-refractivity contribution in [2.75, 3.05) is 5.32 Å². The molecular formula is C18H15ClN4O. The monoisotopic (exact) mass is 338 g/mol. The molecule has 0 aliphatic carbocycles. The first-order chi connectivity index (χ1) is 11.7. The standard InChI is InChI=1S/C18H15ClN4O/c19-16-6-3-15(4-7-16)13-23-17(9-11-21-23)22-18(24)8-5-14-2-1-10-20-12-14/h1-12H,13H2,(H,22,24)/b8-5+. The Balaban J connectivity index is 1.65. The van der Waals surface area contributed by atoms with E-state index in [1.54, 1.807) is 35.4 Å². The second-order valence-corrected chi connectivity index (χ2v) is 5.55. The Kier molecular flexibility index (Phi) is 5.03. The lowest BCUT2D eigenvalue weighted by Crippen LogP contribution is -2.13. The first kappa shape index (κ1) is 16.0. The highest BCUT2D eigenvalue weighted by atomic mass is 35.5. The van der Waals surface area contributed by atoms with E-state index in [2.05, 4.69) is 15.4 Å². The molecule has 0 spiro atoms. The number of aromatic nitrogens is 3. The summed E-state index contributed by atoms with van der Waals surface area (Å²) in [6.45, 7) is 0.548. The van der Waals surface area contributed by atoms with Crippen LogP contribution in [0, 0.1) is 0 Å². The van der Waals surface area contributed by atoms with Crippen LogP contribution < -0.4 is 5.32 Å². The molecule has 6 heteroatoms. The van der Waals surface area contributed by atoms with Crippen molar-refractivity contribution in [1.82, 2.24) is 14.8 Å². The molecule has 0 bridgehead atoms. The third kappa shape index (κ3) is 4.30. The molecule has 1 aromatic carbocycles. The Morgan fingerprint density at radius 2 is 2.00 bits per heavy atom. The van der Waals surface area contributed by atoms with Gasteiger partial charge in [0.2, 0.25) is 5.91 Å². The number of carbonyl (C=O) groups excluding carboxylic acids is 1. The third-order valence-electron chi connectivity index (χ3n) is 3.32. The van der Waals surface area contributed by atoms with Crippen LogP contribution in [0.2, 0.25) is 5.02 Å². The highest BCUT2D eigenvalue weighted by molar-refractivity contribution is 6.30. The summed E-state index contributed by atoms with van der Waals surface area (Å²) in [7, 11) is 0. The number of hydrogen-bond acceptors (Lipinski definition) is 3. The number of anilines is 1. The van der Waals surface area contributed by atoms with E-state index in [4.69, 9.17) is 11.6 Å². The number of nitrogens with zero attached hydrogens (tertiary/aromatic N) is 3. The summed E-state index contributed by atoms with van der Waals surface area (Å²) in [5.41, 5.74) is 1.91. The fraction of sp³-hybridized carbons (Fsp3) is 0.0556. The predicted molar refractivity (Wildman–Crippen MR) is 94.7 cm³/mol. The van der Waals surface area contributed by atoms with Crippen LogP contribution in [0.15, 0.2) is 67.1 Å². The highest BCUT2D eigenvalue weighted by Gasteiger charge is 2.06. The van der Waals surface area contributed by atoms with Crippen molar-refractivity contribution >= 4 is 29.4 Å². The zero-order chi connectivity index (χ0) is 16.8. The second-order valence-electron chi connectivity index (χ2n) is 5.11. The molecule has 0 fully saturated rings. The summed E-state index contributed by atoms with van der Waals surface area (Å²) in [5.74, 6) is 0.405. The minimum atomic E-state index is -0.225. The molecule has 1 N–H and O–H groups in total. The van der Waals surface area contributed by atoms with Gasteiger partial charge in [0, 0.05) is 29.6 Å². The Morgan fingerprint density at radius 3 is 2.75 bits per heavy atom. The fourth-order valence-electron chi connectivity index (χ4n) is 2.14. The molecule has 5 nitrogen and oxygen atoms in total. The molecule has 0 saturated heterocycles. The molecule has 3 rings (SSSR count). The molecule has 0 atom stereocenters. The number of amides is 1. The van der Waals surface area contributed by atoms with E-state index in [0.29, 0.717) is 17.4 Å². The van der Waals surface area contributed by atoms with Crippen LogP contribution in [0.4, 0.5) is 5.82 Å². The van der Waals surface area contributed by atoms with E-state index >= 15 is 0 Å². The van der Waals surface area contributed by atoms with Crippen LogP contribution >= 0.6 is 11.6 Å². The molecular weight excluding hydrogens is 324 g/mol. The molecule has 0 unspecified atom stereocenters. The Bertz CT molecular complexity index is 841. The van der Waals surface area contributed by atoms with E-state index in [1.165, 1.54) is 6.08 Å². The van der Waals surface area contributed by atoms with Crippen LogP contribution in [0.1, 0.15) is 11.1 Å². The van der Waals surface area contributed by atoms with Crippen molar-refractivity contribution in [2.45, 2.75) is 6.54 Å². The van der Waals surface area contributed by atoms with Gasteiger partial charge in [-0.25, -0.2) is 4.68 Å². The minimum Gasteiger partial charge on any atom is -0.307 e. The fourth-order valence-corrected chi connectivity index (χ4v) is 2.27. The maximum Gasteiger partial charge on any atom is 0.249 e. The number of halogens is 1. The zero-order valence-corrected chi connectivity index (χ0v) is 13.5. The lowest BCUT2D eigenvalue weighted by Gasteiger charge is -2.08. The molecule has 0 aliphatic rings. The first-order valence-corrected chi connectivity index (χ1v) is 7.74. The van der Waals surface area contributed by atoms with E-state index < -0.39 is 0 Å². The average Bonchev–Trinajstić information content (AvgIpc) is 3.03. The van der Waals surface area contributed by atoms with Crippen molar-refractivity contribution < 1.29 is 4.79 Å². The van der Waals surface area contributed by atoms with Gasteiger partial charge < -0.3 is 5.32 Å². The van der Waals surface area contributed by atoms with Gasteiger partial charge in [-0.3, -0.25) is 9.78 Å². The molecule has 2 heterocycles. The maximum absolute atomic E-state index is 12.1. The number of benzene rings is 1.